The Bertz CT molecular complexity index is 581. The number of carbonyl (C=O) groups is 1. The fraction of sp³-hybridized carbons (Fsp3) is 0.278. The minimum Gasteiger partial charge on any atom is -0.363 e. The summed E-state index contributed by atoms with van der Waals surface area (Å²) < 4.78 is 0. The molecule has 0 atom stereocenters. The minimum atomic E-state index is 0.0453. The second-order valence-corrected chi connectivity index (χ2v) is 5.05. The van der Waals surface area contributed by atoms with E-state index in [4.69, 9.17) is 0 Å². The first kappa shape index (κ1) is 15.1. The lowest BCUT2D eigenvalue weighted by Gasteiger charge is -2.22. The topological polar surface area (TPSA) is 32.3 Å². The Morgan fingerprint density at radius 2 is 1.71 bits per heavy atom. The molecule has 0 bridgehead atoms. The van der Waals surface area contributed by atoms with Crippen LogP contribution < -0.4 is 10.2 Å². The summed E-state index contributed by atoms with van der Waals surface area (Å²) in [5.41, 5.74) is 3.44. The van der Waals surface area contributed by atoms with E-state index >= 15 is 0 Å². The lowest BCUT2D eigenvalue weighted by Crippen LogP contribution is -2.37. The van der Waals surface area contributed by atoms with Gasteiger partial charge in [0.05, 0.1) is 6.54 Å². The molecular formula is C18H22N2O. The first-order chi connectivity index (χ1) is 10.2. The van der Waals surface area contributed by atoms with Crippen LogP contribution in [0.5, 0.6) is 0 Å². The Morgan fingerprint density at radius 3 is 2.38 bits per heavy atom. The van der Waals surface area contributed by atoms with Gasteiger partial charge in [0.15, 0.2) is 0 Å². The molecule has 21 heavy (non-hydrogen) atoms. The number of benzene rings is 2. The summed E-state index contributed by atoms with van der Waals surface area (Å²) in [7, 11) is 0. The van der Waals surface area contributed by atoms with Gasteiger partial charge < -0.3 is 10.2 Å². The summed E-state index contributed by atoms with van der Waals surface area (Å²) in [6.07, 6.45) is 0. The molecule has 0 aliphatic rings. The molecule has 0 spiro atoms. The number of carbonyl (C=O) groups excluding carboxylic acids is 1. The van der Waals surface area contributed by atoms with Crippen LogP contribution in [0, 0.1) is 6.92 Å². The Hall–Kier alpha value is -2.29. The van der Waals surface area contributed by atoms with Crippen molar-refractivity contribution in [1.82, 2.24) is 5.32 Å². The standard InChI is InChI=1S/C18H22N2O/c1-3-20(17-11-5-4-6-12-17)14-18(21)19-13-16-10-8-7-9-15(16)2/h4-12H,3,13-14H2,1-2H3,(H,19,21). The van der Waals surface area contributed by atoms with Crippen molar-refractivity contribution in [3.63, 3.8) is 0 Å². The van der Waals surface area contributed by atoms with Crippen molar-refractivity contribution in [1.29, 1.82) is 0 Å². The van der Waals surface area contributed by atoms with Crippen LogP contribution in [0.3, 0.4) is 0 Å². The van der Waals surface area contributed by atoms with Crippen LogP contribution in [0.4, 0.5) is 5.69 Å². The van der Waals surface area contributed by atoms with E-state index in [1.54, 1.807) is 0 Å². The Labute approximate surface area is 126 Å². The van der Waals surface area contributed by atoms with Crippen molar-refractivity contribution in [2.24, 2.45) is 0 Å². The second kappa shape index (κ2) is 7.48. The predicted octanol–water partition coefficient (Wildman–Crippen LogP) is 3.14. The van der Waals surface area contributed by atoms with Gasteiger partial charge in [-0.2, -0.15) is 0 Å². The average Bonchev–Trinajstić information content (AvgIpc) is 2.52. The van der Waals surface area contributed by atoms with Gasteiger partial charge in [0.1, 0.15) is 0 Å². The van der Waals surface area contributed by atoms with E-state index in [-0.39, 0.29) is 5.91 Å². The van der Waals surface area contributed by atoms with E-state index < -0.39 is 0 Å². The van der Waals surface area contributed by atoms with Crippen molar-refractivity contribution in [2.75, 3.05) is 18.0 Å². The predicted molar refractivity (Wildman–Crippen MR) is 87.4 cm³/mol. The number of para-hydroxylation sites is 1. The van der Waals surface area contributed by atoms with Gasteiger partial charge in [-0.15, -0.1) is 0 Å². The highest BCUT2D eigenvalue weighted by Gasteiger charge is 2.09. The maximum Gasteiger partial charge on any atom is 0.239 e. The van der Waals surface area contributed by atoms with Gasteiger partial charge in [-0.05, 0) is 37.1 Å². The summed E-state index contributed by atoms with van der Waals surface area (Å²) in [4.78, 5) is 14.2. The molecule has 3 nitrogen and oxygen atoms in total. The van der Waals surface area contributed by atoms with Crippen LogP contribution in [0.2, 0.25) is 0 Å². The van der Waals surface area contributed by atoms with E-state index in [0.29, 0.717) is 13.1 Å². The third kappa shape index (κ3) is 4.35. The number of amides is 1. The van der Waals surface area contributed by atoms with Crippen molar-refractivity contribution < 1.29 is 4.79 Å². The molecule has 110 valence electrons. The van der Waals surface area contributed by atoms with E-state index in [9.17, 15) is 4.79 Å². The number of nitrogens with zero attached hydrogens (tertiary/aromatic N) is 1. The number of hydrogen-bond donors (Lipinski definition) is 1. The molecule has 0 saturated heterocycles. The molecule has 0 aliphatic heterocycles. The van der Waals surface area contributed by atoms with Gasteiger partial charge >= 0.3 is 0 Å². The van der Waals surface area contributed by atoms with Gasteiger partial charge in [0.25, 0.3) is 0 Å². The zero-order chi connectivity index (χ0) is 15.1. The summed E-state index contributed by atoms with van der Waals surface area (Å²) in [6.45, 7) is 5.89. The Balaban J connectivity index is 1.90. The molecule has 0 radical (unpaired) electrons. The maximum absolute atomic E-state index is 12.1. The number of rotatable bonds is 6. The molecule has 0 saturated carbocycles. The normalized spacial score (nSPS) is 10.2. The van der Waals surface area contributed by atoms with Crippen molar-refractivity contribution in [3.05, 3.63) is 65.7 Å². The number of anilines is 1. The number of aryl methyl sites for hydroxylation is 1. The van der Waals surface area contributed by atoms with Gasteiger partial charge in [0, 0.05) is 18.8 Å². The van der Waals surface area contributed by atoms with Crippen LogP contribution in [0.15, 0.2) is 54.6 Å². The van der Waals surface area contributed by atoms with Crippen molar-refractivity contribution in [3.8, 4) is 0 Å². The molecule has 2 aromatic carbocycles. The molecule has 0 aromatic heterocycles. The highest BCUT2D eigenvalue weighted by atomic mass is 16.2. The van der Waals surface area contributed by atoms with E-state index in [1.165, 1.54) is 5.56 Å². The molecule has 3 heteroatoms. The molecule has 0 aliphatic carbocycles. The third-order valence-corrected chi connectivity index (χ3v) is 3.57. The summed E-state index contributed by atoms with van der Waals surface area (Å²) in [5.74, 6) is 0.0453. The number of nitrogens with one attached hydrogen (secondary N) is 1. The van der Waals surface area contributed by atoms with Gasteiger partial charge in [-0.25, -0.2) is 0 Å². The average molecular weight is 282 g/mol. The first-order valence-electron chi connectivity index (χ1n) is 7.32. The molecule has 0 unspecified atom stereocenters. The fourth-order valence-electron chi connectivity index (χ4n) is 2.26. The minimum absolute atomic E-state index is 0.0453. The monoisotopic (exact) mass is 282 g/mol. The maximum atomic E-state index is 12.1. The van der Waals surface area contributed by atoms with E-state index in [1.807, 2.05) is 48.5 Å². The van der Waals surface area contributed by atoms with Crippen LogP contribution in [-0.2, 0) is 11.3 Å². The quantitative estimate of drug-likeness (QED) is 0.883. The highest BCUT2D eigenvalue weighted by molar-refractivity contribution is 5.81. The molecule has 0 heterocycles. The highest BCUT2D eigenvalue weighted by Crippen LogP contribution is 2.12. The van der Waals surface area contributed by atoms with E-state index in [0.717, 1.165) is 17.8 Å². The van der Waals surface area contributed by atoms with Crippen LogP contribution in [0.25, 0.3) is 0 Å². The third-order valence-electron chi connectivity index (χ3n) is 3.57. The van der Waals surface area contributed by atoms with Gasteiger partial charge in [-0.3, -0.25) is 4.79 Å². The second-order valence-electron chi connectivity index (χ2n) is 5.05. The molecule has 1 amide bonds. The van der Waals surface area contributed by atoms with Gasteiger partial charge in [-0.1, -0.05) is 42.5 Å². The first-order valence-corrected chi connectivity index (χ1v) is 7.32. The summed E-state index contributed by atoms with van der Waals surface area (Å²) in [6, 6.07) is 18.1. The summed E-state index contributed by atoms with van der Waals surface area (Å²) in [5, 5.41) is 2.99. The van der Waals surface area contributed by atoms with Crippen molar-refractivity contribution in [2.45, 2.75) is 20.4 Å². The molecule has 2 aromatic rings. The van der Waals surface area contributed by atoms with Crippen LogP contribution in [-0.4, -0.2) is 19.0 Å². The van der Waals surface area contributed by atoms with Crippen LogP contribution >= 0.6 is 0 Å². The Kier molecular flexibility index (Phi) is 5.38. The molecule has 1 N–H and O–H groups in total. The lowest BCUT2D eigenvalue weighted by molar-refractivity contribution is -0.119. The Morgan fingerprint density at radius 1 is 1.05 bits per heavy atom. The molecule has 2 rings (SSSR count). The lowest BCUT2D eigenvalue weighted by atomic mass is 10.1. The van der Waals surface area contributed by atoms with Crippen molar-refractivity contribution >= 4 is 11.6 Å². The number of likely N-dealkylation sites (N-methyl/N-ethyl adjacent to an activating group) is 1. The number of hydrogen-bond acceptors (Lipinski definition) is 2. The molecular weight excluding hydrogens is 260 g/mol. The smallest absolute Gasteiger partial charge is 0.239 e. The van der Waals surface area contributed by atoms with Gasteiger partial charge in [0.2, 0.25) is 5.91 Å². The summed E-state index contributed by atoms with van der Waals surface area (Å²) >= 11 is 0. The zero-order valence-electron chi connectivity index (χ0n) is 12.7. The fourth-order valence-corrected chi connectivity index (χ4v) is 2.26. The zero-order valence-corrected chi connectivity index (χ0v) is 12.7. The largest absolute Gasteiger partial charge is 0.363 e. The SMILES string of the molecule is CCN(CC(=O)NCc1ccccc1C)c1ccccc1. The van der Waals surface area contributed by atoms with E-state index in [2.05, 4.69) is 30.1 Å². The molecule has 0 fully saturated rings. The van der Waals surface area contributed by atoms with Crippen LogP contribution in [0.1, 0.15) is 18.1 Å².